The van der Waals surface area contributed by atoms with Crippen molar-refractivity contribution in [2.75, 3.05) is 26.2 Å². The summed E-state index contributed by atoms with van der Waals surface area (Å²) >= 11 is 1.80. The minimum absolute atomic E-state index is 0.667. The molecule has 3 heteroatoms. The second-order valence-corrected chi connectivity index (χ2v) is 6.12. The lowest BCUT2D eigenvalue weighted by molar-refractivity contribution is 0.248. The largest absolute Gasteiger partial charge is 0.312 e. The van der Waals surface area contributed by atoms with Gasteiger partial charge in [-0.05, 0) is 54.2 Å². The first-order chi connectivity index (χ1) is 8.25. The molecule has 2 rings (SSSR count). The molecular formula is C14H24N2S. The van der Waals surface area contributed by atoms with Crippen molar-refractivity contribution in [1.82, 2.24) is 10.2 Å². The lowest BCUT2D eigenvalue weighted by atomic mass is 10.0. The van der Waals surface area contributed by atoms with E-state index < -0.39 is 0 Å². The molecule has 2 nitrogen and oxygen atoms in total. The fourth-order valence-electron chi connectivity index (χ4n) is 2.40. The molecule has 0 amide bonds. The quantitative estimate of drug-likeness (QED) is 0.886. The van der Waals surface area contributed by atoms with Crippen molar-refractivity contribution in [2.24, 2.45) is 5.92 Å². The van der Waals surface area contributed by atoms with Crippen molar-refractivity contribution in [1.29, 1.82) is 0 Å². The summed E-state index contributed by atoms with van der Waals surface area (Å²) in [6.07, 6.45) is 2.49. The second kappa shape index (κ2) is 6.53. The Bertz CT molecular complexity index is 308. The molecule has 17 heavy (non-hydrogen) atoms. The molecule has 0 bridgehead atoms. The number of thiophene rings is 1. The second-order valence-electron chi connectivity index (χ2n) is 5.34. The SMILES string of the molecule is CC(C)C1CN(CCc2ccsc2)CCCN1. The lowest BCUT2D eigenvalue weighted by Crippen LogP contribution is -2.41. The Hall–Kier alpha value is -0.380. The average Bonchev–Trinajstić information content (AvgIpc) is 2.70. The zero-order chi connectivity index (χ0) is 12.1. The molecule has 1 atom stereocenters. The maximum Gasteiger partial charge on any atom is 0.0217 e. The van der Waals surface area contributed by atoms with Crippen LogP contribution in [0, 0.1) is 5.92 Å². The smallest absolute Gasteiger partial charge is 0.0217 e. The van der Waals surface area contributed by atoms with E-state index in [-0.39, 0.29) is 0 Å². The molecule has 1 aromatic rings. The molecule has 0 radical (unpaired) electrons. The predicted molar refractivity (Wildman–Crippen MR) is 75.7 cm³/mol. The molecule has 0 aliphatic carbocycles. The predicted octanol–water partition coefficient (Wildman–Crippen LogP) is 2.61. The van der Waals surface area contributed by atoms with Crippen molar-refractivity contribution in [2.45, 2.75) is 32.7 Å². The fourth-order valence-corrected chi connectivity index (χ4v) is 3.10. The number of rotatable bonds is 4. The first-order valence-electron chi connectivity index (χ1n) is 6.72. The number of nitrogens with zero attached hydrogens (tertiary/aromatic N) is 1. The van der Waals surface area contributed by atoms with Gasteiger partial charge in [0.15, 0.2) is 0 Å². The first-order valence-corrected chi connectivity index (χ1v) is 7.67. The molecule has 96 valence electrons. The van der Waals surface area contributed by atoms with E-state index in [1.165, 1.54) is 44.6 Å². The Kier molecular flexibility index (Phi) is 5.01. The van der Waals surface area contributed by atoms with Crippen LogP contribution in [0.25, 0.3) is 0 Å². The monoisotopic (exact) mass is 252 g/mol. The van der Waals surface area contributed by atoms with E-state index in [1.807, 2.05) is 0 Å². The van der Waals surface area contributed by atoms with Crippen molar-refractivity contribution in [3.63, 3.8) is 0 Å². The molecule has 1 saturated heterocycles. The van der Waals surface area contributed by atoms with Gasteiger partial charge in [-0.1, -0.05) is 13.8 Å². The van der Waals surface area contributed by atoms with Gasteiger partial charge in [0.2, 0.25) is 0 Å². The lowest BCUT2D eigenvalue weighted by Gasteiger charge is -2.26. The van der Waals surface area contributed by atoms with Crippen molar-refractivity contribution < 1.29 is 0 Å². The molecule has 1 aliphatic rings. The van der Waals surface area contributed by atoms with Gasteiger partial charge >= 0.3 is 0 Å². The zero-order valence-electron chi connectivity index (χ0n) is 11.0. The Morgan fingerprint density at radius 2 is 2.41 bits per heavy atom. The molecular weight excluding hydrogens is 228 g/mol. The first kappa shape index (κ1) is 13.1. The summed E-state index contributed by atoms with van der Waals surface area (Å²) in [5.74, 6) is 0.733. The molecule has 1 unspecified atom stereocenters. The Morgan fingerprint density at radius 1 is 1.53 bits per heavy atom. The molecule has 0 saturated carbocycles. The van der Waals surface area contributed by atoms with Crippen LogP contribution in [0.15, 0.2) is 16.8 Å². The minimum Gasteiger partial charge on any atom is -0.312 e. The van der Waals surface area contributed by atoms with E-state index >= 15 is 0 Å². The third-order valence-electron chi connectivity index (χ3n) is 3.61. The van der Waals surface area contributed by atoms with E-state index in [0.717, 1.165) is 5.92 Å². The van der Waals surface area contributed by atoms with E-state index in [4.69, 9.17) is 0 Å². The van der Waals surface area contributed by atoms with Gasteiger partial charge in [-0.3, -0.25) is 0 Å². The summed E-state index contributed by atoms with van der Waals surface area (Å²) in [6.45, 7) is 9.49. The highest BCUT2D eigenvalue weighted by atomic mass is 32.1. The van der Waals surface area contributed by atoms with Crippen LogP contribution in [-0.4, -0.2) is 37.1 Å². The number of hydrogen-bond donors (Lipinski definition) is 1. The van der Waals surface area contributed by atoms with Crippen LogP contribution < -0.4 is 5.32 Å². The van der Waals surface area contributed by atoms with Gasteiger partial charge in [-0.25, -0.2) is 0 Å². The maximum absolute atomic E-state index is 3.66. The molecule has 0 spiro atoms. The Labute approximate surface area is 109 Å². The van der Waals surface area contributed by atoms with E-state index in [0.29, 0.717) is 6.04 Å². The van der Waals surface area contributed by atoms with Crippen LogP contribution in [0.1, 0.15) is 25.8 Å². The normalized spacial score (nSPS) is 22.9. The number of nitrogens with one attached hydrogen (secondary N) is 1. The Balaban J connectivity index is 1.82. The van der Waals surface area contributed by atoms with Crippen molar-refractivity contribution in [3.8, 4) is 0 Å². The molecule has 1 aliphatic heterocycles. The minimum atomic E-state index is 0.667. The standard InChI is InChI=1S/C14H24N2S/c1-12(2)14-10-16(7-3-6-15-14)8-4-13-5-9-17-11-13/h5,9,11-12,14-15H,3-4,6-8,10H2,1-2H3. The number of hydrogen-bond acceptors (Lipinski definition) is 3. The van der Waals surface area contributed by atoms with Gasteiger partial charge in [0.1, 0.15) is 0 Å². The molecule has 1 aromatic heterocycles. The van der Waals surface area contributed by atoms with Crippen LogP contribution in [-0.2, 0) is 6.42 Å². The summed E-state index contributed by atoms with van der Waals surface area (Å²) in [4.78, 5) is 2.63. The molecule has 1 fully saturated rings. The van der Waals surface area contributed by atoms with Gasteiger partial charge in [0, 0.05) is 19.1 Å². The Morgan fingerprint density at radius 3 is 3.12 bits per heavy atom. The van der Waals surface area contributed by atoms with E-state index in [1.54, 1.807) is 11.3 Å². The highest BCUT2D eigenvalue weighted by molar-refractivity contribution is 7.07. The van der Waals surface area contributed by atoms with Gasteiger partial charge in [-0.15, -0.1) is 0 Å². The topological polar surface area (TPSA) is 15.3 Å². The zero-order valence-corrected chi connectivity index (χ0v) is 11.8. The van der Waals surface area contributed by atoms with Gasteiger partial charge in [-0.2, -0.15) is 11.3 Å². The van der Waals surface area contributed by atoms with Crippen LogP contribution >= 0.6 is 11.3 Å². The van der Waals surface area contributed by atoms with Crippen LogP contribution in [0.4, 0.5) is 0 Å². The highest BCUT2D eigenvalue weighted by Gasteiger charge is 2.19. The third kappa shape index (κ3) is 4.09. The fraction of sp³-hybridized carbons (Fsp3) is 0.714. The maximum atomic E-state index is 3.66. The van der Waals surface area contributed by atoms with Crippen LogP contribution in [0.3, 0.4) is 0 Å². The summed E-state index contributed by atoms with van der Waals surface area (Å²) in [5.41, 5.74) is 1.49. The summed E-state index contributed by atoms with van der Waals surface area (Å²) in [5, 5.41) is 8.12. The van der Waals surface area contributed by atoms with Crippen LogP contribution in [0.5, 0.6) is 0 Å². The average molecular weight is 252 g/mol. The van der Waals surface area contributed by atoms with Gasteiger partial charge in [0.25, 0.3) is 0 Å². The summed E-state index contributed by atoms with van der Waals surface area (Å²) in [6, 6.07) is 2.92. The van der Waals surface area contributed by atoms with Crippen molar-refractivity contribution in [3.05, 3.63) is 22.4 Å². The highest BCUT2D eigenvalue weighted by Crippen LogP contribution is 2.11. The summed E-state index contributed by atoms with van der Waals surface area (Å²) in [7, 11) is 0. The third-order valence-corrected chi connectivity index (χ3v) is 4.35. The van der Waals surface area contributed by atoms with E-state index in [2.05, 4.69) is 40.9 Å². The van der Waals surface area contributed by atoms with Crippen molar-refractivity contribution >= 4 is 11.3 Å². The van der Waals surface area contributed by atoms with Gasteiger partial charge < -0.3 is 10.2 Å². The molecule has 1 N–H and O–H groups in total. The van der Waals surface area contributed by atoms with Gasteiger partial charge in [0.05, 0.1) is 0 Å². The van der Waals surface area contributed by atoms with Crippen LogP contribution in [0.2, 0.25) is 0 Å². The molecule has 2 heterocycles. The molecule has 0 aromatic carbocycles. The van der Waals surface area contributed by atoms with E-state index in [9.17, 15) is 0 Å². The summed E-state index contributed by atoms with van der Waals surface area (Å²) < 4.78 is 0.